The Morgan fingerprint density at radius 1 is 1.50 bits per heavy atom. The molecule has 0 saturated carbocycles. The van der Waals surface area contributed by atoms with Crippen molar-refractivity contribution in [3.63, 3.8) is 0 Å². The molecule has 0 N–H and O–H groups in total. The van der Waals surface area contributed by atoms with Gasteiger partial charge >= 0.3 is 74.8 Å². The van der Waals surface area contributed by atoms with Gasteiger partial charge in [-0.05, 0) is 0 Å². The summed E-state index contributed by atoms with van der Waals surface area (Å²) in [6.07, 6.45) is 0.215. The Labute approximate surface area is 74.7 Å². The van der Waals surface area contributed by atoms with Gasteiger partial charge in [0.2, 0.25) is 0 Å². The van der Waals surface area contributed by atoms with Crippen LogP contribution in [0, 0.1) is 0 Å². The molecule has 0 rings (SSSR count). The molecule has 2 nitrogen and oxygen atoms in total. The second kappa shape index (κ2) is 4.70. The van der Waals surface area contributed by atoms with E-state index in [1.807, 2.05) is 0 Å². The molecule has 0 aliphatic carbocycles. The van der Waals surface area contributed by atoms with E-state index in [-0.39, 0.29) is 12.4 Å². The van der Waals surface area contributed by atoms with Gasteiger partial charge in [0, 0.05) is 0 Å². The molecule has 0 saturated heterocycles. The first-order valence-electron chi connectivity index (χ1n) is 2.59. The fourth-order valence-corrected chi connectivity index (χ4v) is 2.84. The fourth-order valence-electron chi connectivity index (χ4n) is 0.346. The number of ether oxygens (including phenoxy) is 1. The van der Waals surface area contributed by atoms with Gasteiger partial charge < -0.3 is 0 Å². The maximum absolute atomic E-state index is 10.5. The van der Waals surface area contributed by atoms with Crippen LogP contribution in [0.3, 0.4) is 0 Å². The molecule has 0 atom stereocenters. The van der Waals surface area contributed by atoms with Crippen LogP contribution in [0.1, 0.15) is 6.42 Å². The molecule has 0 aromatic heterocycles. The third-order valence-electron chi connectivity index (χ3n) is 0.840. The number of hydrogen-bond donors (Lipinski definition) is 0. The monoisotopic (exact) mass is 266 g/mol. The van der Waals surface area contributed by atoms with Crippen molar-refractivity contribution in [3.05, 3.63) is 0 Å². The van der Waals surface area contributed by atoms with E-state index < -0.39 is 10.5 Å². The van der Waals surface area contributed by atoms with Crippen LogP contribution in [-0.4, -0.2) is 23.6 Å². The summed E-state index contributed by atoms with van der Waals surface area (Å²) in [7, 11) is 14.9. The Morgan fingerprint density at radius 2 is 2.00 bits per heavy atom. The summed E-state index contributed by atoms with van der Waals surface area (Å²) in [5, 5.41) is 0.372. The van der Waals surface area contributed by atoms with Gasteiger partial charge in [-0.15, -0.1) is 0 Å². The van der Waals surface area contributed by atoms with Crippen molar-refractivity contribution in [3.8, 4) is 0 Å². The first-order chi connectivity index (χ1) is 4.45. The summed E-state index contributed by atoms with van der Waals surface area (Å²) in [6.45, 7) is 0. The summed E-state index contributed by atoms with van der Waals surface area (Å²) < 4.78 is 4.36. The Balaban J connectivity index is 3.46. The van der Waals surface area contributed by atoms with E-state index in [9.17, 15) is 4.79 Å². The number of methoxy groups -OCH3 is 1. The van der Waals surface area contributed by atoms with Gasteiger partial charge in [0.05, 0.1) is 0 Å². The molecule has 10 heavy (non-hydrogen) atoms. The third kappa shape index (κ3) is 7.00. The van der Waals surface area contributed by atoms with Crippen molar-refractivity contribution in [1.82, 2.24) is 0 Å². The van der Waals surface area contributed by atoms with Crippen LogP contribution in [0.25, 0.3) is 0 Å². The van der Waals surface area contributed by atoms with Gasteiger partial charge in [-0.2, -0.15) is 0 Å². The van der Waals surface area contributed by atoms with Crippen LogP contribution in [0.4, 0.5) is 0 Å². The number of rotatable bonds is 3. The standard InChI is InChI=1S/C4H7Cl3GeO2/c1-10-4(9)2-3-8(5,6)7/h2-3H2,1H3. The van der Waals surface area contributed by atoms with Crippen LogP contribution in [0.2, 0.25) is 5.25 Å². The normalized spacial score (nSPS) is 11.2. The number of esters is 1. The molecular weight excluding hydrogens is 259 g/mol. The van der Waals surface area contributed by atoms with Crippen molar-refractivity contribution in [2.75, 3.05) is 7.11 Å². The Hall–Kier alpha value is 0.883. The fraction of sp³-hybridized carbons (Fsp3) is 0.750. The van der Waals surface area contributed by atoms with E-state index in [0.717, 1.165) is 0 Å². The number of carbonyl (C=O) groups is 1. The van der Waals surface area contributed by atoms with Gasteiger partial charge in [0.25, 0.3) is 0 Å². The molecule has 0 heterocycles. The molecule has 6 heteroatoms. The second-order valence-corrected chi connectivity index (χ2v) is 18.4. The van der Waals surface area contributed by atoms with Crippen LogP contribution in [-0.2, 0) is 9.53 Å². The Kier molecular flexibility index (Phi) is 5.11. The molecule has 0 unspecified atom stereocenters. The number of hydrogen-bond acceptors (Lipinski definition) is 2. The summed E-state index contributed by atoms with van der Waals surface area (Å²) in [5.74, 6) is -0.322. The van der Waals surface area contributed by atoms with E-state index in [0.29, 0.717) is 5.25 Å². The summed E-state index contributed by atoms with van der Waals surface area (Å²) in [5.41, 5.74) is 0. The molecule has 0 bridgehead atoms. The first-order valence-corrected chi connectivity index (χ1v) is 12.3. The Morgan fingerprint density at radius 3 is 2.30 bits per heavy atom. The van der Waals surface area contributed by atoms with Crippen LogP contribution in [0.15, 0.2) is 0 Å². The SMILES string of the molecule is COC(=O)C[CH2][Ge]([Cl])([Cl])[Cl]. The maximum atomic E-state index is 10.5. The molecule has 0 aliphatic rings. The number of halogens is 3. The third-order valence-corrected chi connectivity index (χ3v) is 5.50. The average Bonchev–Trinajstić information content (AvgIpc) is 1.81. The summed E-state index contributed by atoms with van der Waals surface area (Å²) in [4.78, 5) is 10.5. The van der Waals surface area contributed by atoms with Crippen LogP contribution >= 0.6 is 30.0 Å². The zero-order valence-corrected chi connectivity index (χ0v) is 9.73. The van der Waals surface area contributed by atoms with Gasteiger partial charge in [-0.25, -0.2) is 0 Å². The van der Waals surface area contributed by atoms with Gasteiger partial charge in [-0.3, -0.25) is 0 Å². The molecule has 0 aromatic rings. The van der Waals surface area contributed by atoms with Crippen molar-refractivity contribution in [1.29, 1.82) is 0 Å². The van der Waals surface area contributed by atoms with Crippen molar-refractivity contribution >= 4 is 46.5 Å². The zero-order chi connectivity index (χ0) is 8.20. The zero-order valence-electron chi connectivity index (χ0n) is 5.36. The molecule has 0 aliphatic heterocycles. The van der Waals surface area contributed by atoms with E-state index in [1.165, 1.54) is 7.11 Å². The minimum atomic E-state index is -3.06. The van der Waals surface area contributed by atoms with Gasteiger partial charge in [0.1, 0.15) is 0 Å². The summed E-state index contributed by atoms with van der Waals surface area (Å²) in [6, 6.07) is 0. The minimum absolute atomic E-state index is 0.215. The van der Waals surface area contributed by atoms with Crippen molar-refractivity contribution < 1.29 is 9.53 Å². The molecule has 0 amide bonds. The molecular formula is C4H7Cl3GeO2. The predicted molar refractivity (Wildman–Crippen MR) is 44.8 cm³/mol. The predicted octanol–water partition coefficient (Wildman–Crippen LogP) is 2.20. The second-order valence-electron chi connectivity index (χ2n) is 1.69. The van der Waals surface area contributed by atoms with E-state index in [1.54, 1.807) is 0 Å². The number of carbonyl (C=O) groups excluding carboxylic acids is 1. The van der Waals surface area contributed by atoms with Gasteiger partial charge in [-0.1, -0.05) is 0 Å². The van der Waals surface area contributed by atoms with E-state index in [4.69, 9.17) is 30.0 Å². The van der Waals surface area contributed by atoms with Crippen LogP contribution < -0.4 is 0 Å². The van der Waals surface area contributed by atoms with Crippen LogP contribution in [0.5, 0.6) is 0 Å². The molecule has 0 radical (unpaired) electrons. The average molecular weight is 266 g/mol. The quantitative estimate of drug-likeness (QED) is 0.578. The molecule has 60 valence electrons. The topological polar surface area (TPSA) is 26.3 Å². The van der Waals surface area contributed by atoms with Crippen molar-refractivity contribution in [2.45, 2.75) is 11.7 Å². The molecule has 0 aromatic carbocycles. The molecule has 0 spiro atoms. The van der Waals surface area contributed by atoms with Crippen molar-refractivity contribution in [2.24, 2.45) is 0 Å². The summed E-state index contributed by atoms with van der Waals surface area (Å²) >= 11 is 0. The molecule has 0 fully saturated rings. The van der Waals surface area contributed by atoms with E-state index in [2.05, 4.69) is 4.74 Å². The van der Waals surface area contributed by atoms with Gasteiger partial charge in [0.15, 0.2) is 0 Å². The Bertz CT molecular complexity index is 122. The van der Waals surface area contributed by atoms with E-state index >= 15 is 0 Å². The first kappa shape index (κ1) is 10.9.